The van der Waals surface area contributed by atoms with Crippen molar-refractivity contribution in [3.63, 3.8) is 0 Å². The highest BCUT2D eigenvalue weighted by molar-refractivity contribution is 6.14. The maximum Gasteiger partial charge on any atom is 0.188 e. The largest absolute Gasteiger partial charge is 0.467 e. The highest BCUT2D eigenvalue weighted by atomic mass is 16.7. The minimum Gasteiger partial charge on any atom is -0.467 e. The lowest BCUT2D eigenvalue weighted by Gasteiger charge is -2.11. The monoisotopic (exact) mass is 298 g/mol. The van der Waals surface area contributed by atoms with Gasteiger partial charge >= 0.3 is 0 Å². The fourth-order valence-electron chi connectivity index (χ4n) is 2.07. The van der Waals surface area contributed by atoms with Crippen LogP contribution < -0.4 is 4.74 Å². The lowest BCUT2D eigenvalue weighted by Crippen LogP contribution is -2.11. The molecule has 0 aliphatic carbocycles. The van der Waals surface area contributed by atoms with Crippen LogP contribution in [0.2, 0.25) is 0 Å². The highest BCUT2D eigenvalue weighted by Crippen LogP contribution is 2.22. The fourth-order valence-corrected chi connectivity index (χ4v) is 2.07. The Kier molecular flexibility index (Phi) is 5.44. The summed E-state index contributed by atoms with van der Waals surface area (Å²) in [6, 6.07) is 14.0. The molecule has 0 N–H and O–H groups in total. The summed E-state index contributed by atoms with van der Waals surface area (Å²) in [5.74, 6) is -0.0310. The second-order valence-corrected chi connectivity index (χ2v) is 4.94. The molecule has 0 amide bonds. The Morgan fingerprint density at radius 1 is 1.00 bits per heavy atom. The first-order valence-corrected chi connectivity index (χ1v) is 6.95. The highest BCUT2D eigenvalue weighted by Gasteiger charge is 2.17. The summed E-state index contributed by atoms with van der Waals surface area (Å²) in [7, 11) is 1.51. The molecule has 2 rings (SSSR count). The van der Waals surface area contributed by atoms with Gasteiger partial charge in [0.2, 0.25) is 0 Å². The second kappa shape index (κ2) is 7.52. The third-order valence-corrected chi connectivity index (χ3v) is 3.19. The van der Waals surface area contributed by atoms with Crippen molar-refractivity contribution in [2.75, 3.05) is 13.9 Å². The molecule has 0 fully saturated rings. The van der Waals surface area contributed by atoms with Crippen LogP contribution in [-0.4, -0.2) is 25.5 Å². The average Bonchev–Trinajstić information content (AvgIpc) is 2.53. The Balaban J connectivity index is 2.17. The van der Waals surface area contributed by atoms with Gasteiger partial charge in [-0.05, 0) is 24.6 Å². The summed E-state index contributed by atoms with van der Waals surface area (Å²) in [6.07, 6.45) is -0.184. The summed E-state index contributed by atoms with van der Waals surface area (Å²) in [5.41, 5.74) is 1.89. The molecule has 4 nitrogen and oxygen atoms in total. The molecule has 0 spiro atoms. The van der Waals surface area contributed by atoms with Crippen LogP contribution in [0, 0.1) is 6.92 Å². The molecule has 0 bridgehead atoms. The van der Waals surface area contributed by atoms with Crippen LogP contribution in [-0.2, 0) is 4.74 Å². The van der Waals surface area contributed by atoms with E-state index in [0.717, 1.165) is 5.56 Å². The smallest absolute Gasteiger partial charge is 0.188 e. The Labute approximate surface area is 129 Å². The van der Waals surface area contributed by atoms with Gasteiger partial charge in [-0.1, -0.05) is 36.4 Å². The van der Waals surface area contributed by atoms with Crippen molar-refractivity contribution in [2.24, 2.45) is 0 Å². The molecule has 0 aromatic heterocycles. The number of hydrogen-bond donors (Lipinski definition) is 0. The number of benzene rings is 2. The molecule has 0 saturated heterocycles. The number of hydrogen-bond acceptors (Lipinski definition) is 4. The van der Waals surface area contributed by atoms with Crippen LogP contribution in [0.15, 0.2) is 48.5 Å². The van der Waals surface area contributed by atoms with E-state index in [1.54, 1.807) is 36.4 Å². The number of Topliss-reactive ketones (excluding diaryl/α,β-unsaturated/α-hetero) is 2. The van der Waals surface area contributed by atoms with Crippen LogP contribution in [0.1, 0.15) is 32.7 Å². The van der Waals surface area contributed by atoms with E-state index in [4.69, 9.17) is 9.47 Å². The molecule has 2 aromatic rings. The molecule has 0 atom stereocenters. The lowest BCUT2D eigenvalue weighted by atomic mass is 10.00. The summed E-state index contributed by atoms with van der Waals surface area (Å²) in [4.78, 5) is 24.5. The predicted octanol–water partition coefficient (Wildman–Crippen LogP) is 3.43. The van der Waals surface area contributed by atoms with E-state index in [0.29, 0.717) is 16.9 Å². The number of aryl methyl sites for hydroxylation is 1. The van der Waals surface area contributed by atoms with Crippen LogP contribution >= 0.6 is 0 Å². The lowest BCUT2D eigenvalue weighted by molar-refractivity contribution is 0.0502. The van der Waals surface area contributed by atoms with Crippen LogP contribution in [0.3, 0.4) is 0 Å². The summed E-state index contributed by atoms with van der Waals surface area (Å²) in [6.45, 7) is 1.96. The summed E-state index contributed by atoms with van der Waals surface area (Å²) >= 11 is 0. The van der Waals surface area contributed by atoms with Crippen molar-refractivity contribution in [3.8, 4) is 5.75 Å². The molecule has 0 unspecified atom stereocenters. The van der Waals surface area contributed by atoms with Gasteiger partial charge in [-0.2, -0.15) is 0 Å². The van der Waals surface area contributed by atoms with Crippen molar-refractivity contribution >= 4 is 11.6 Å². The van der Waals surface area contributed by atoms with E-state index >= 15 is 0 Å². The van der Waals surface area contributed by atoms with E-state index in [9.17, 15) is 9.59 Å². The molecular formula is C18H18O4. The van der Waals surface area contributed by atoms with Gasteiger partial charge in [0.05, 0.1) is 12.0 Å². The topological polar surface area (TPSA) is 52.6 Å². The van der Waals surface area contributed by atoms with E-state index in [1.807, 2.05) is 19.1 Å². The van der Waals surface area contributed by atoms with Gasteiger partial charge in [-0.15, -0.1) is 0 Å². The van der Waals surface area contributed by atoms with Gasteiger partial charge in [0.1, 0.15) is 5.75 Å². The van der Waals surface area contributed by atoms with E-state index in [-0.39, 0.29) is 24.8 Å². The van der Waals surface area contributed by atoms with Gasteiger partial charge in [0.15, 0.2) is 18.4 Å². The predicted molar refractivity (Wildman–Crippen MR) is 83.4 cm³/mol. The maximum atomic E-state index is 12.4. The fraction of sp³-hybridized carbons (Fsp3) is 0.222. The normalized spacial score (nSPS) is 10.3. The Hall–Kier alpha value is -2.46. The minimum absolute atomic E-state index is 0.0519. The number of ketones is 2. The number of methoxy groups -OCH3 is 1. The Morgan fingerprint density at radius 3 is 2.41 bits per heavy atom. The quantitative estimate of drug-likeness (QED) is 0.446. The number of rotatable bonds is 7. The van der Waals surface area contributed by atoms with Crippen LogP contribution in [0.5, 0.6) is 5.75 Å². The molecule has 22 heavy (non-hydrogen) atoms. The van der Waals surface area contributed by atoms with Gasteiger partial charge in [-0.25, -0.2) is 0 Å². The molecule has 2 aromatic carbocycles. The van der Waals surface area contributed by atoms with Crippen molar-refractivity contribution < 1.29 is 19.1 Å². The van der Waals surface area contributed by atoms with Gasteiger partial charge in [0, 0.05) is 12.7 Å². The number of carbonyl (C=O) groups is 2. The molecule has 0 heterocycles. The first kappa shape index (κ1) is 15.9. The van der Waals surface area contributed by atoms with Gasteiger partial charge in [-0.3, -0.25) is 9.59 Å². The van der Waals surface area contributed by atoms with Crippen LogP contribution in [0.25, 0.3) is 0 Å². The van der Waals surface area contributed by atoms with E-state index in [1.165, 1.54) is 7.11 Å². The van der Waals surface area contributed by atoms with Crippen molar-refractivity contribution in [1.29, 1.82) is 0 Å². The molecule has 0 aliphatic rings. The third-order valence-electron chi connectivity index (χ3n) is 3.19. The maximum absolute atomic E-state index is 12.4. The van der Waals surface area contributed by atoms with E-state index < -0.39 is 0 Å². The van der Waals surface area contributed by atoms with Crippen molar-refractivity contribution in [2.45, 2.75) is 13.3 Å². The van der Waals surface area contributed by atoms with Crippen LogP contribution in [0.4, 0.5) is 0 Å². The third kappa shape index (κ3) is 4.02. The zero-order chi connectivity index (χ0) is 15.9. The summed E-state index contributed by atoms with van der Waals surface area (Å²) in [5, 5.41) is 0. The SMILES string of the molecule is COCOc1cc(C)ccc1C(=O)CC(=O)c1ccccc1. The molecule has 0 saturated carbocycles. The standard InChI is InChI=1S/C18H18O4/c1-13-8-9-15(18(10-13)22-12-21-2)17(20)11-16(19)14-6-4-3-5-7-14/h3-10H,11-12H2,1-2H3. The van der Waals surface area contributed by atoms with Crippen molar-refractivity contribution in [3.05, 3.63) is 65.2 Å². The first-order chi connectivity index (χ1) is 10.6. The zero-order valence-corrected chi connectivity index (χ0v) is 12.7. The van der Waals surface area contributed by atoms with Gasteiger partial charge < -0.3 is 9.47 Å². The molecule has 0 aliphatic heterocycles. The molecular weight excluding hydrogens is 280 g/mol. The number of carbonyl (C=O) groups excluding carboxylic acids is 2. The zero-order valence-electron chi connectivity index (χ0n) is 12.7. The molecule has 0 radical (unpaired) electrons. The summed E-state index contributed by atoms with van der Waals surface area (Å²) < 4.78 is 10.3. The average molecular weight is 298 g/mol. The van der Waals surface area contributed by atoms with Crippen molar-refractivity contribution in [1.82, 2.24) is 0 Å². The Morgan fingerprint density at radius 2 is 1.73 bits per heavy atom. The van der Waals surface area contributed by atoms with Gasteiger partial charge in [0.25, 0.3) is 0 Å². The molecule has 4 heteroatoms. The molecule has 114 valence electrons. The van der Waals surface area contributed by atoms with E-state index in [2.05, 4.69) is 0 Å². The Bertz CT molecular complexity index is 662. The first-order valence-electron chi connectivity index (χ1n) is 6.95. The number of ether oxygens (including phenoxy) is 2. The second-order valence-electron chi connectivity index (χ2n) is 4.94. The minimum atomic E-state index is -0.264.